The summed E-state index contributed by atoms with van der Waals surface area (Å²) in [5, 5.41) is 0. The van der Waals surface area contributed by atoms with Gasteiger partial charge in [0.1, 0.15) is 0 Å². The van der Waals surface area contributed by atoms with Gasteiger partial charge in [0, 0.05) is 0 Å². The van der Waals surface area contributed by atoms with Crippen LogP contribution in [0.5, 0.6) is 0 Å². The van der Waals surface area contributed by atoms with Crippen LogP contribution in [-0.2, 0) is 0 Å². The van der Waals surface area contributed by atoms with Crippen molar-refractivity contribution < 1.29 is 0 Å². The molecule has 6 saturated carbocycles. The van der Waals surface area contributed by atoms with Gasteiger partial charge in [0.15, 0.2) is 0 Å². The van der Waals surface area contributed by atoms with E-state index in [4.69, 9.17) is 0 Å². The molecule has 0 heterocycles. The maximum atomic E-state index is 2.57. The highest BCUT2D eigenvalue weighted by molar-refractivity contribution is 5.34. The van der Waals surface area contributed by atoms with Gasteiger partial charge < -0.3 is 0 Å². The van der Waals surface area contributed by atoms with Gasteiger partial charge in [0.2, 0.25) is 0 Å². The third-order valence-electron chi connectivity index (χ3n) is 6.06. The second kappa shape index (κ2) is 1.11. The zero-order valence-electron chi connectivity index (χ0n) is 7.43. The Morgan fingerprint density at radius 2 is 1.36 bits per heavy atom. The van der Waals surface area contributed by atoms with Crippen LogP contribution in [0.3, 0.4) is 0 Å². The second-order valence-corrected chi connectivity index (χ2v) is 5.97. The Balaban J connectivity index is 1.93. The quantitative estimate of drug-likeness (QED) is 0.495. The lowest BCUT2D eigenvalue weighted by Gasteiger charge is -2.42. The molecule has 6 fully saturated rings. The van der Waals surface area contributed by atoms with Crippen molar-refractivity contribution in [1.29, 1.82) is 0 Å². The zero-order chi connectivity index (χ0) is 7.43. The first-order chi connectivity index (χ1) is 5.18. The Morgan fingerprint density at radius 1 is 0.909 bits per heavy atom. The molecule has 0 aromatic carbocycles. The van der Waals surface area contributed by atoms with Crippen molar-refractivity contribution in [2.24, 2.45) is 34.5 Å². The van der Waals surface area contributed by atoms with E-state index in [0.29, 0.717) is 0 Å². The molecule has 0 spiro atoms. The molecule has 0 nitrogen and oxygen atoms in total. The van der Waals surface area contributed by atoms with Crippen molar-refractivity contribution in [2.75, 3.05) is 0 Å². The first kappa shape index (κ1) is 5.61. The van der Waals surface area contributed by atoms with Crippen LogP contribution in [-0.4, -0.2) is 0 Å². The normalized spacial score (nSPS) is 81.3. The second-order valence-electron chi connectivity index (χ2n) is 5.97. The molecule has 0 aromatic heterocycles. The molecule has 0 N–H and O–H groups in total. The molecule has 6 aliphatic rings. The van der Waals surface area contributed by atoms with Gasteiger partial charge in [-0.1, -0.05) is 13.8 Å². The summed E-state index contributed by atoms with van der Waals surface area (Å²) in [5.74, 6) is 4.78. The van der Waals surface area contributed by atoms with Crippen LogP contribution >= 0.6 is 0 Å². The van der Waals surface area contributed by atoms with E-state index >= 15 is 0 Å². The Bertz CT molecular complexity index is 223. The fraction of sp³-hybridized carbons (Fsp3) is 1.00. The monoisotopic (exact) mass is 148 g/mol. The van der Waals surface area contributed by atoms with E-state index in [1.54, 1.807) is 19.3 Å². The van der Waals surface area contributed by atoms with Gasteiger partial charge in [0.05, 0.1) is 0 Å². The summed E-state index contributed by atoms with van der Waals surface area (Å²) >= 11 is 0. The molecule has 4 bridgehead atoms. The van der Waals surface area contributed by atoms with Crippen molar-refractivity contribution in [1.82, 2.24) is 0 Å². The van der Waals surface area contributed by atoms with E-state index in [-0.39, 0.29) is 0 Å². The predicted octanol–water partition coefficient (Wildman–Crippen LogP) is 2.69. The molecule has 6 rings (SSSR count). The topological polar surface area (TPSA) is 0 Å². The Labute approximate surface area is 68.4 Å². The van der Waals surface area contributed by atoms with E-state index in [9.17, 15) is 0 Å². The van der Waals surface area contributed by atoms with E-state index in [1.807, 2.05) is 0 Å². The summed E-state index contributed by atoms with van der Waals surface area (Å²) in [5.41, 5.74) is 1.67. The van der Waals surface area contributed by atoms with Gasteiger partial charge in [-0.05, 0) is 53.8 Å². The number of hydrogen-bond donors (Lipinski definition) is 0. The fourth-order valence-corrected chi connectivity index (χ4v) is 5.65. The van der Waals surface area contributed by atoms with Gasteiger partial charge in [-0.15, -0.1) is 0 Å². The lowest BCUT2D eigenvalue weighted by molar-refractivity contribution is 0.0554. The Kier molecular flexibility index (Phi) is 0.567. The van der Waals surface area contributed by atoms with Crippen molar-refractivity contribution in [3.8, 4) is 0 Å². The molecule has 0 saturated heterocycles. The summed E-state index contributed by atoms with van der Waals surface area (Å²) in [6, 6.07) is 0. The van der Waals surface area contributed by atoms with Crippen molar-refractivity contribution in [2.45, 2.75) is 33.1 Å². The fourth-order valence-electron chi connectivity index (χ4n) is 5.65. The third-order valence-corrected chi connectivity index (χ3v) is 6.06. The Hall–Kier alpha value is 0. The van der Waals surface area contributed by atoms with Crippen LogP contribution in [0.1, 0.15) is 33.1 Å². The molecular formula is C11H16. The highest BCUT2D eigenvalue weighted by Crippen LogP contribution is 2.92. The molecule has 2 unspecified atom stereocenters. The van der Waals surface area contributed by atoms with Crippen LogP contribution in [0.25, 0.3) is 0 Å². The number of fused-ring (bicyclic) bond motifs is 1. The first-order valence-corrected chi connectivity index (χ1v) is 5.18. The average molecular weight is 148 g/mol. The van der Waals surface area contributed by atoms with Gasteiger partial charge >= 0.3 is 0 Å². The van der Waals surface area contributed by atoms with Crippen molar-refractivity contribution in [3.05, 3.63) is 0 Å². The highest BCUT2D eigenvalue weighted by atomic mass is 14.9. The summed E-state index contributed by atoms with van der Waals surface area (Å²) in [6.07, 6.45) is 4.75. The minimum atomic E-state index is 0.837. The first-order valence-electron chi connectivity index (χ1n) is 5.18. The number of rotatable bonds is 0. The highest BCUT2D eigenvalue weighted by Gasteiger charge is 2.86. The van der Waals surface area contributed by atoms with Gasteiger partial charge in [-0.3, -0.25) is 0 Å². The minimum absolute atomic E-state index is 0.837. The summed E-state index contributed by atoms with van der Waals surface area (Å²) in [7, 11) is 0. The smallest absolute Gasteiger partial charge is 0.0230 e. The molecule has 6 aliphatic carbocycles. The molecule has 2 atom stereocenters. The van der Waals surface area contributed by atoms with Crippen LogP contribution in [0, 0.1) is 34.5 Å². The van der Waals surface area contributed by atoms with E-state index in [2.05, 4.69) is 13.8 Å². The van der Waals surface area contributed by atoms with Crippen molar-refractivity contribution in [3.63, 3.8) is 0 Å². The molecule has 11 heavy (non-hydrogen) atoms. The maximum absolute atomic E-state index is 2.57. The molecule has 0 radical (unpaired) electrons. The summed E-state index contributed by atoms with van der Waals surface area (Å²) < 4.78 is 0. The number of hydrogen-bond acceptors (Lipinski definition) is 0. The van der Waals surface area contributed by atoms with E-state index < -0.39 is 0 Å². The average Bonchev–Trinajstić information content (AvgIpc) is 2.40. The van der Waals surface area contributed by atoms with Crippen molar-refractivity contribution >= 4 is 0 Å². The van der Waals surface area contributed by atoms with Crippen LogP contribution < -0.4 is 0 Å². The molecule has 60 valence electrons. The SMILES string of the molecule is CC12CC1(C)C1C3CCC1C32. The molecule has 0 aromatic rings. The zero-order valence-corrected chi connectivity index (χ0v) is 7.43. The molecule has 0 aliphatic heterocycles. The standard InChI is InChI=1S/C11H16/c1-10-5-11(10,2)9-6-3-4-7(9)8(6)10/h6-9H,3-5H2,1-2H3. The summed E-state index contributed by atoms with van der Waals surface area (Å²) in [6.45, 7) is 5.13. The molecule has 0 heteroatoms. The maximum Gasteiger partial charge on any atom is -0.0230 e. The molecular weight excluding hydrogens is 132 g/mol. The van der Waals surface area contributed by atoms with Crippen LogP contribution in [0.15, 0.2) is 0 Å². The van der Waals surface area contributed by atoms with Gasteiger partial charge in [0.25, 0.3) is 0 Å². The van der Waals surface area contributed by atoms with E-state index in [0.717, 1.165) is 10.8 Å². The Morgan fingerprint density at radius 3 is 1.73 bits per heavy atom. The van der Waals surface area contributed by atoms with E-state index in [1.165, 1.54) is 23.7 Å². The van der Waals surface area contributed by atoms with Crippen LogP contribution in [0.4, 0.5) is 0 Å². The lowest BCUT2D eigenvalue weighted by Crippen LogP contribution is -2.37. The molecule has 0 amide bonds. The minimum Gasteiger partial charge on any atom is -0.0588 e. The predicted molar refractivity (Wildman–Crippen MR) is 44.0 cm³/mol. The summed E-state index contributed by atoms with van der Waals surface area (Å²) in [4.78, 5) is 0. The largest absolute Gasteiger partial charge is 0.0588 e. The lowest BCUT2D eigenvalue weighted by atomic mass is 9.63. The van der Waals surface area contributed by atoms with Gasteiger partial charge in [-0.25, -0.2) is 0 Å². The van der Waals surface area contributed by atoms with Crippen LogP contribution in [0.2, 0.25) is 0 Å². The van der Waals surface area contributed by atoms with Gasteiger partial charge in [-0.2, -0.15) is 0 Å². The third kappa shape index (κ3) is 0.302.